The highest BCUT2D eigenvalue weighted by atomic mass is 32.2. The van der Waals surface area contributed by atoms with E-state index in [1.165, 1.54) is 31.2 Å². The van der Waals surface area contributed by atoms with Gasteiger partial charge in [-0.1, -0.05) is 20.8 Å². The van der Waals surface area contributed by atoms with Crippen LogP contribution in [0.5, 0.6) is 11.8 Å². The second-order valence-corrected chi connectivity index (χ2v) is 14.4. The zero-order chi connectivity index (χ0) is 28.8. The number of aromatic nitrogens is 4. The molecule has 3 aromatic rings. The van der Waals surface area contributed by atoms with E-state index in [2.05, 4.69) is 35.6 Å². The topological polar surface area (TPSA) is 125 Å². The van der Waals surface area contributed by atoms with E-state index in [1.54, 1.807) is 23.0 Å². The summed E-state index contributed by atoms with van der Waals surface area (Å²) in [5, 5.41) is 4.57. The smallest absolute Gasteiger partial charge is 0.266 e. The van der Waals surface area contributed by atoms with Crippen LogP contribution in [0.4, 0.5) is 0 Å². The number of pyridine rings is 2. The Bertz CT molecular complexity index is 1550. The molecule has 2 aliphatic carbocycles. The van der Waals surface area contributed by atoms with Gasteiger partial charge in [0.2, 0.25) is 11.8 Å². The number of rotatable bonds is 5. The van der Waals surface area contributed by atoms with E-state index in [-0.39, 0.29) is 21.8 Å². The van der Waals surface area contributed by atoms with Gasteiger partial charge in [0, 0.05) is 24.2 Å². The molecule has 1 amide bonds. The van der Waals surface area contributed by atoms with E-state index in [1.807, 2.05) is 6.07 Å². The summed E-state index contributed by atoms with van der Waals surface area (Å²) in [4.78, 5) is 22.5. The molecule has 2 saturated carbocycles. The highest BCUT2D eigenvalue weighted by Crippen LogP contribution is 2.53. The second kappa shape index (κ2) is 10.4. The SMILES string of the molecule is CC1(CCOc2ccn(-c3ccc4c(n3)C3CC(CCCOc5ccc(cn5)S(=O)(=O)NC4=O)CC3(C)C)n2)CC1. The molecule has 11 heteroatoms. The molecule has 7 rings (SSSR count). The minimum Gasteiger partial charge on any atom is -0.478 e. The molecule has 0 saturated heterocycles. The summed E-state index contributed by atoms with van der Waals surface area (Å²) in [6.07, 6.45) is 10.1. The van der Waals surface area contributed by atoms with Crippen molar-refractivity contribution >= 4 is 15.9 Å². The molecule has 0 aromatic carbocycles. The lowest BCUT2D eigenvalue weighted by Crippen LogP contribution is -2.32. The van der Waals surface area contributed by atoms with Gasteiger partial charge in [-0.3, -0.25) is 4.79 Å². The molecule has 4 bridgehead atoms. The Kier molecular flexibility index (Phi) is 7.04. The number of carbonyl (C=O) groups excluding carboxylic acids is 1. The number of hydrogen-bond donors (Lipinski definition) is 1. The third-order valence-electron chi connectivity index (χ3n) is 8.92. The Balaban J connectivity index is 1.34. The van der Waals surface area contributed by atoms with Crippen LogP contribution in [0.25, 0.3) is 5.82 Å². The molecule has 3 aromatic heterocycles. The average molecular weight is 580 g/mol. The average Bonchev–Trinajstić information content (AvgIpc) is 3.33. The molecule has 5 heterocycles. The first-order valence-corrected chi connectivity index (χ1v) is 15.9. The molecule has 2 unspecified atom stereocenters. The monoisotopic (exact) mass is 579 g/mol. The molecule has 4 aliphatic rings. The maximum absolute atomic E-state index is 13.5. The van der Waals surface area contributed by atoms with Gasteiger partial charge in [-0.2, -0.15) is 0 Å². The highest BCUT2D eigenvalue weighted by Gasteiger charge is 2.43. The molecule has 2 atom stereocenters. The molecular formula is C30H37N5O5S. The number of carbonyl (C=O) groups is 1. The zero-order valence-electron chi connectivity index (χ0n) is 23.8. The minimum atomic E-state index is -4.16. The Morgan fingerprint density at radius 2 is 1.98 bits per heavy atom. The van der Waals surface area contributed by atoms with Crippen molar-refractivity contribution < 1.29 is 22.7 Å². The molecule has 10 nitrogen and oxygen atoms in total. The molecule has 1 N–H and O–H groups in total. The van der Waals surface area contributed by atoms with Gasteiger partial charge < -0.3 is 9.47 Å². The van der Waals surface area contributed by atoms with Crippen molar-refractivity contribution in [2.24, 2.45) is 16.7 Å². The van der Waals surface area contributed by atoms with E-state index in [9.17, 15) is 13.2 Å². The summed E-state index contributed by atoms with van der Waals surface area (Å²) < 4.78 is 41.7. The number of sulfonamides is 1. The van der Waals surface area contributed by atoms with Crippen LogP contribution in [-0.4, -0.2) is 47.3 Å². The van der Waals surface area contributed by atoms with Gasteiger partial charge in [-0.15, -0.1) is 5.10 Å². The summed E-state index contributed by atoms with van der Waals surface area (Å²) in [6.45, 7) is 7.77. The van der Waals surface area contributed by atoms with Crippen molar-refractivity contribution in [3.8, 4) is 17.6 Å². The summed E-state index contributed by atoms with van der Waals surface area (Å²) in [7, 11) is -4.16. The summed E-state index contributed by atoms with van der Waals surface area (Å²) >= 11 is 0. The lowest BCUT2D eigenvalue weighted by molar-refractivity contribution is 0.0978. The normalized spacial score (nSPS) is 24.2. The summed E-state index contributed by atoms with van der Waals surface area (Å²) in [5.74, 6) is 1.09. The van der Waals surface area contributed by atoms with Gasteiger partial charge in [0.15, 0.2) is 5.82 Å². The first kappa shape index (κ1) is 27.7. The molecular weight excluding hydrogens is 542 g/mol. The van der Waals surface area contributed by atoms with Crippen molar-refractivity contribution in [1.82, 2.24) is 24.5 Å². The summed E-state index contributed by atoms with van der Waals surface area (Å²) in [6, 6.07) is 8.06. The predicted molar refractivity (Wildman–Crippen MR) is 152 cm³/mol. The van der Waals surface area contributed by atoms with Gasteiger partial charge in [0.25, 0.3) is 15.9 Å². The van der Waals surface area contributed by atoms with E-state index in [4.69, 9.17) is 14.5 Å². The Hall–Kier alpha value is -3.47. The quantitative estimate of drug-likeness (QED) is 0.446. The largest absolute Gasteiger partial charge is 0.478 e. The van der Waals surface area contributed by atoms with Crippen LogP contribution in [-0.2, 0) is 10.0 Å². The van der Waals surface area contributed by atoms with Crippen LogP contribution < -0.4 is 14.2 Å². The molecule has 2 fully saturated rings. The van der Waals surface area contributed by atoms with E-state index < -0.39 is 15.9 Å². The van der Waals surface area contributed by atoms with Crippen LogP contribution in [0.2, 0.25) is 0 Å². The Morgan fingerprint density at radius 3 is 2.73 bits per heavy atom. The second-order valence-electron chi connectivity index (χ2n) is 12.7. The number of nitrogens with one attached hydrogen (secondary N) is 1. The van der Waals surface area contributed by atoms with Crippen LogP contribution >= 0.6 is 0 Å². The maximum atomic E-state index is 13.5. The zero-order valence-corrected chi connectivity index (χ0v) is 24.6. The van der Waals surface area contributed by atoms with E-state index >= 15 is 0 Å². The maximum Gasteiger partial charge on any atom is 0.266 e. The standard InChI is InChI=1S/C30H37N5O5S/c1-29(2)18-20-5-4-15-39-25-9-6-21(19-31-25)41(37,38)34-28(36)22-7-8-24(32-27(22)23(29)17-20)35-14-10-26(33-35)40-16-13-30(3)11-12-30/h6-10,14,19-20,23H,4-5,11-13,15-18H2,1-3H3,(H,34,36). The fourth-order valence-electron chi connectivity index (χ4n) is 6.15. The van der Waals surface area contributed by atoms with Crippen molar-refractivity contribution in [2.45, 2.75) is 76.5 Å². The number of amides is 1. The molecule has 0 spiro atoms. The summed E-state index contributed by atoms with van der Waals surface area (Å²) in [5.41, 5.74) is 1.08. The third kappa shape index (κ3) is 5.95. The third-order valence-corrected chi connectivity index (χ3v) is 10.2. The van der Waals surface area contributed by atoms with Gasteiger partial charge >= 0.3 is 0 Å². The van der Waals surface area contributed by atoms with Crippen LogP contribution in [0, 0.1) is 16.7 Å². The van der Waals surface area contributed by atoms with Crippen molar-refractivity contribution in [3.63, 3.8) is 0 Å². The molecule has 218 valence electrons. The number of fused-ring (bicyclic) bond motifs is 7. The predicted octanol–water partition coefficient (Wildman–Crippen LogP) is 5.04. The Morgan fingerprint density at radius 1 is 1.15 bits per heavy atom. The lowest BCUT2D eigenvalue weighted by atomic mass is 9.78. The number of hydrogen-bond acceptors (Lipinski definition) is 8. The van der Waals surface area contributed by atoms with Gasteiger partial charge in [-0.05, 0) is 79.9 Å². The van der Waals surface area contributed by atoms with E-state index in [0.29, 0.717) is 47.8 Å². The first-order valence-electron chi connectivity index (χ1n) is 14.4. The first-order chi connectivity index (χ1) is 19.5. The number of nitrogens with zero attached hydrogens (tertiary/aromatic N) is 4. The van der Waals surface area contributed by atoms with Crippen LogP contribution in [0.15, 0.2) is 47.6 Å². The fraction of sp³-hybridized carbons (Fsp3) is 0.533. The fourth-order valence-corrected chi connectivity index (χ4v) is 7.06. The lowest BCUT2D eigenvalue weighted by Gasteiger charge is -2.28. The minimum absolute atomic E-state index is 0.0461. The molecule has 2 aliphatic heterocycles. The van der Waals surface area contributed by atoms with Crippen molar-refractivity contribution in [3.05, 3.63) is 54.0 Å². The molecule has 0 radical (unpaired) electrons. The van der Waals surface area contributed by atoms with Gasteiger partial charge in [-0.25, -0.2) is 27.8 Å². The van der Waals surface area contributed by atoms with Crippen molar-refractivity contribution in [2.75, 3.05) is 13.2 Å². The Labute approximate surface area is 240 Å². The van der Waals surface area contributed by atoms with E-state index in [0.717, 1.165) is 32.1 Å². The van der Waals surface area contributed by atoms with Crippen molar-refractivity contribution in [1.29, 1.82) is 0 Å². The molecule has 41 heavy (non-hydrogen) atoms. The number of ether oxygens (including phenoxy) is 2. The van der Waals surface area contributed by atoms with Crippen LogP contribution in [0.1, 0.15) is 87.7 Å². The van der Waals surface area contributed by atoms with Gasteiger partial charge in [0.1, 0.15) is 4.90 Å². The highest BCUT2D eigenvalue weighted by molar-refractivity contribution is 7.90. The van der Waals surface area contributed by atoms with Crippen LogP contribution in [0.3, 0.4) is 0 Å². The van der Waals surface area contributed by atoms with Gasteiger partial charge in [0.05, 0.1) is 30.7 Å².